The molecule has 3 aromatic rings. The second kappa shape index (κ2) is 5.03. The number of hydrogen-bond donors (Lipinski definition) is 2. The van der Waals surface area contributed by atoms with Gasteiger partial charge in [0.15, 0.2) is 11.6 Å². The van der Waals surface area contributed by atoms with Crippen LogP contribution in [-0.2, 0) is 0 Å². The van der Waals surface area contributed by atoms with Gasteiger partial charge in [-0.1, -0.05) is 0 Å². The maximum absolute atomic E-state index is 13.9. The molecule has 1 heterocycles. The number of carbonyl (C=O) groups excluding carboxylic acids is 1. The highest BCUT2D eigenvalue weighted by Gasteiger charge is 2.21. The number of ketones is 1. The van der Waals surface area contributed by atoms with Crippen molar-refractivity contribution in [1.29, 1.82) is 0 Å². The van der Waals surface area contributed by atoms with E-state index in [0.29, 0.717) is 5.52 Å². The van der Waals surface area contributed by atoms with Crippen LogP contribution < -0.4 is 11.3 Å². The van der Waals surface area contributed by atoms with E-state index >= 15 is 0 Å². The highest BCUT2D eigenvalue weighted by molar-refractivity contribution is 6.11. The Morgan fingerprint density at radius 2 is 1.95 bits per heavy atom. The second-order valence-electron chi connectivity index (χ2n) is 4.62. The van der Waals surface area contributed by atoms with E-state index in [4.69, 9.17) is 5.73 Å². The second-order valence-corrected chi connectivity index (χ2v) is 4.62. The van der Waals surface area contributed by atoms with E-state index in [0.717, 1.165) is 12.1 Å². The van der Waals surface area contributed by atoms with Gasteiger partial charge in [-0.15, -0.1) is 0 Å². The van der Waals surface area contributed by atoms with Crippen LogP contribution in [0.2, 0.25) is 0 Å². The van der Waals surface area contributed by atoms with Crippen molar-refractivity contribution in [2.75, 3.05) is 5.73 Å². The summed E-state index contributed by atoms with van der Waals surface area (Å²) in [5, 5.41) is 0.151. The molecule has 0 atom stereocenters. The number of rotatable bonds is 2. The van der Waals surface area contributed by atoms with Crippen molar-refractivity contribution in [3.05, 3.63) is 69.8 Å². The summed E-state index contributed by atoms with van der Waals surface area (Å²) >= 11 is 0. The van der Waals surface area contributed by atoms with Crippen LogP contribution in [0.5, 0.6) is 0 Å². The smallest absolute Gasteiger partial charge is 0.258 e. The fourth-order valence-electron chi connectivity index (χ4n) is 2.13. The molecule has 5 nitrogen and oxygen atoms in total. The van der Waals surface area contributed by atoms with Gasteiger partial charge in [-0.2, -0.15) is 0 Å². The number of anilines is 1. The Morgan fingerprint density at radius 1 is 1.18 bits per heavy atom. The molecule has 0 amide bonds. The predicted molar refractivity (Wildman–Crippen MR) is 76.6 cm³/mol. The number of nitrogens with zero attached hydrogens (tertiary/aromatic N) is 1. The topological polar surface area (TPSA) is 88.8 Å². The van der Waals surface area contributed by atoms with Crippen LogP contribution in [0.25, 0.3) is 10.9 Å². The SMILES string of the molecule is Nc1ccc(F)c(C(=O)c2ccc3nc[nH]c(=O)c3c2)c1F. The number of nitrogen functional groups attached to an aromatic ring is 1. The molecular weight excluding hydrogens is 292 g/mol. The summed E-state index contributed by atoms with van der Waals surface area (Å²) in [5.41, 5.74) is 4.17. The van der Waals surface area contributed by atoms with Crippen LogP contribution >= 0.6 is 0 Å². The number of halogens is 2. The molecule has 110 valence electrons. The monoisotopic (exact) mass is 301 g/mol. The number of fused-ring (bicyclic) bond motifs is 1. The van der Waals surface area contributed by atoms with Gasteiger partial charge in [0.25, 0.3) is 5.56 Å². The molecule has 0 aliphatic carbocycles. The minimum atomic E-state index is -1.12. The van der Waals surface area contributed by atoms with Crippen LogP contribution in [0.4, 0.5) is 14.5 Å². The van der Waals surface area contributed by atoms with Gasteiger partial charge >= 0.3 is 0 Å². The maximum atomic E-state index is 13.9. The molecule has 0 spiro atoms. The Morgan fingerprint density at radius 3 is 2.73 bits per heavy atom. The van der Waals surface area contributed by atoms with E-state index in [2.05, 4.69) is 9.97 Å². The fourth-order valence-corrected chi connectivity index (χ4v) is 2.13. The van der Waals surface area contributed by atoms with Gasteiger partial charge in [-0.25, -0.2) is 13.8 Å². The van der Waals surface area contributed by atoms with E-state index in [-0.39, 0.29) is 16.6 Å². The Kier molecular flexibility index (Phi) is 3.17. The minimum Gasteiger partial charge on any atom is -0.396 e. The Bertz CT molecular complexity index is 967. The van der Waals surface area contributed by atoms with Crippen LogP contribution in [0.3, 0.4) is 0 Å². The number of H-pyrrole nitrogens is 1. The average molecular weight is 301 g/mol. The minimum absolute atomic E-state index is 0.0330. The maximum Gasteiger partial charge on any atom is 0.258 e. The number of nitrogens with two attached hydrogens (primary N) is 1. The van der Waals surface area contributed by atoms with Gasteiger partial charge in [0.2, 0.25) is 0 Å². The fraction of sp³-hybridized carbons (Fsp3) is 0. The molecule has 0 fully saturated rings. The lowest BCUT2D eigenvalue weighted by molar-refractivity contribution is 0.103. The van der Waals surface area contributed by atoms with Crippen molar-refractivity contribution in [3.8, 4) is 0 Å². The molecule has 0 radical (unpaired) electrons. The number of benzene rings is 2. The lowest BCUT2D eigenvalue weighted by Crippen LogP contribution is -2.11. The normalized spacial score (nSPS) is 10.8. The molecular formula is C15H9F2N3O2. The van der Waals surface area contributed by atoms with Crippen molar-refractivity contribution < 1.29 is 13.6 Å². The van der Waals surface area contributed by atoms with Gasteiger partial charge in [0, 0.05) is 5.56 Å². The van der Waals surface area contributed by atoms with E-state index in [1.807, 2.05) is 0 Å². The molecule has 0 bridgehead atoms. The van der Waals surface area contributed by atoms with Crippen molar-refractivity contribution >= 4 is 22.4 Å². The van der Waals surface area contributed by atoms with Gasteiger partial charge in [-0.3, -0.25) is 9.59 Å². The molecule has 0 saturated heterocycles. The predicted octanol–water partition coefficient (Wildman–Crippen LogP) is 2.01. The number of aromatic amines is 1. The van der Waals surface area contributed by atoms with E-state index in [1.54, 1.807) is 0 Å². The summed E-state index contributed by atoms with van der Waals surface area (Å²) in [6.45, 7) is 0. The molecule has 0 aliphatic heterocycles. The van der Waals surface area contributed by atoms with Gasteiger partial charge < -0.3 is 10.7 Å². The van der Waals surface area contributed by atoms with E-state index < -0.39 is 28.5 Å². The van der Waals surface area contributed by atoms with Gasteiger partial charge in [-0.05, 0) is 30.3 Å². The summed E-state index contributed by atoms with van der Waals surface area (Å²) in [6, 6.07) is 5.97. The molecule has 3 N–H and O–H groups in total. The third kappa shape index (κ3) is 2.12. The van der Waals surface area contributed by atoms with Crippen LogP contribution in [0.15, 0.2) is 41.5 Å². The van der Waals surface area contributed by atoms with Crippen LogP contribution in [0, 0.1) is 11.6 Å². The first kappa shape index (κ1) is 13.9. The first-order chi connectivity index (χ1) is 10.5. The lowest BCUT2D eigenvalue weighted by Gasteiger charge is -2.07. The number of carbonyl (C=O) groups is 1. The largest absolute Gasteiger partial charge is 0.396 e. The average Bonchev–Trinajstić information content (AvgIpc) is 2.51. The van der Waals surface area contributed by atoms with Crippen molar-refractivity contribution in [1.82, 2.24) is 9.97 Å². The first-order valence-corrected chi connectivity index (χ1v) is 6.24. The molecule has 0 aliphatic rings. The van der Waals surface area contributed by atoms with Gasteiger partial charge in [0.1, 0.15) is 5.82 Å². The van der Waals surface area contributed by atoms with E-state index in [9.17, 15) is 18.4 Å². The van der Waals surface area contributed by atoms with Crippen LogP contribution in [0.1, 0.15) is 15.9 Å². The third-order valence-electron chi connectivity index (χ3n) is 3.25. The highest BCUT2D eigenvalue weighted by Crippen LogP contribution is 2.22. The molecule has 22 heavy (non-hydrogen) atoms. The zero-order valence-corrected chi connectivity index (χ0v) is 11.1. The zero-order valence-electron chi connectivity index (χ0n) is 11.1. The zero-order chi connectivity index (χ0) is 15.9. The summed E-state index contributed by atoms with van der Waals surface area (Å²) < 4.78 is 27.7. The summed E-state index contributed by atoms with van der Waals surface area (Å²) in [5.74, 6) is -3.03. The Labute approximate surface area is 122 Å². The van der Waals surface area contributed by atoms with E-state index in [1.165, 1.54) is 24.5 Å². The highest BCUT2D eigenvalue weighted by atomic mass is 19.1. The first-order valence-electron chi connectivity index (χ1n) is 6.24. The Hall–Kier alpha value is -3.09. The summed E-state index contributed by atoms with van der Waals surface area (Å²) in [7, 11) is 0. The third-order valence-corrected chi connectivity index (χ3v) is 3.25. The quantitative estimate of drug-likeness (QED) is 0.560. The lowest BCUT2D eigenvalue weighted by atomic mass is 10.0. The molecule has 3 rings (SSSR count). The summed E-state index contributed by atoms with van der Waals surface area (Å²) in [4.78, 5) is 30.3. The Balaban J connectivity index is 2.20. The molecule has 0 unspecified atom stereocenters. The van der Waals surface area contributed by atoms with Crippen molar-refractivity contribution in [2.24, 2.45) is 0 Å². The number of hydrogen-bond acceptors (Lipinski definition) is 4. The molecule has 7 heteroatoms. The van der Waals surface area contributed by atoms with Gasteiger partial charge in [0.05, 0.1) is 28.5 Å². The standard InChI is InChI=1S/C15H9F2N3O2/c16-9-2-3-10(18)13(17)12(9)14(21)7-1-4-11-8(5-7)15(22)20-6-19-11/h1-6H,18H2,(H,19,20,22). The number of aromatic nitrogens is 2. The van der Waals surface area contributed by atoms with Crippen molar-refractivity contribution in [2.45, 2.75) is 0 Å². The molecule has 2 aromatic carbocycles. The van der Waals surface area contributed by atoms with Crippen molar-refractivity contribution in [3.63, 3.8) is 0 Å². The summed E-state index contributed by atoms with van der Waals surface area (Å²) in [6.07, 6.45) is 1.23. The molecule has 0 saturated carbocycles. The number of nitrogens with one attached hydrogen (secondary N) is 1. The molecule has 1 aromatic heterocycles. The van der Waals surface area contributed by atoms with Crippen LogP contribution in [-0.4, -0.2) is 15.8 Å².